The van der Waals surface area contributed by atoms with Gasteiger partial charge in [0.05, 0.1) is 11.6 Å². The van der Waals surface area contributed by atoms with Crippen LogP contribution in [0, 0.1) is 0 Å². The Bertz CT molecular complexity index is 456. The number of amides is 1. The Morgan fingerprint density at radius 3 is 2.86 bits per heavy atom. The molecule has 0 aliphatic carbocycles. The standard InChI is InChI=1S/C15H24N4OS/c1-17-6-8-18(9-7-17)12-14(20)19-5-2-3-13(11-19)15-16-4-10-21-15/h4,10,13H,2-3,5-9,11-12H2,1H3. The molecule has 2 fully saturated rings. The second kappa shape index (κ2) is 6.85. The van der Waals surface area contributed by atoms with Crippen LogP contribution in [0.2, 0.25) is 0 Å². The smallest absolute Gasteiger partial charge is 0.236 e. The zero-order valence-electron chi connectivity index (χ0n) is 12.7. The van der Waals surface area contributed by atoms with E-state index in [0.29, 0.717) is 18.4 Å². The zero-order chi connectivity index (χ0) is 14.7. The van der Waals surface area contributed by atoms with Gasteiger partial charge in [-0.15, -0.1) is 11.3 Å². The fourth-order valence-corrected chi connectivity index (χ4v) is 3.91. The third-order valence-electron chi connectivity index (χ3n) is 4.53. The molecule has 21 heavy (non-hydrogen) atoms. The van der Waals surface area contributed by atoms with Crippen LogP contribution < -0.4 is 0 Å². The van der Waals surface area contributed by atoms with Gasteiger partial charge < -0.3 is 9.80 Å². The van der Waals surface area contributed by atoms with E-state index in [9.17, 15) is 4.79 Å². The minimum Gasteiger partial charge on any atom is -0.341 e. The summed E-state index contributed by atoms with van der Waals surface area (Å²) in [6, 6.07) is 0. The summed E-state index contributed by atoms with van der Waals surface area (Å²) in [5, 5.41) is 3.22. The third-order valence-corrected chi connectivity index (χ3v) is 5.47. The van der Waals surface area contributed by atoms with Crippen LogP contribution in [-0.4, -0.2) is 78.5 Å². The summed E-state index contributed by atoms with van der Waals surface area (Å²) in [4.78, 5) is 23.6. The monoisotopic (exact) mass is 308 g/mol. The van der Waals surface area contributed by atoms with Crippen molar-refractivity contribution in [2.24, 2.45) is 0 Å². The summed E-state index contributed by atoms with van der Waals surface area (Å²) in [7, 11) is 2.14. The first-order chi connectivity index (χ1) is 10.2. The molecule has 2 aliphatic heterocycles. The van der Waals surface area contributed by atoms with Gasteiger partial charge in [0.1, 0.15) is 0 Å². The maximum absolute atomic E-state index is 12.5. The number of piperidine rings is 1. The Balaban J connectivity index is 1.52. The molecule has 5 nitrogen and oxygen atoms in total. The molecule has 1 amide bonds. The lowest BCUT2D eigenvalue weighted by molar-refractivity contribution is -0.134. The van der Waals surface area contributed by atoms with Gasteiger partial charge in [-0.25, -0.2) is 4.98 Å². The molecule has 2 saturated heterocycles. The molecule has 1 atom stereocenters. The number of thiazole rings is 1. The number of aromatic nitrogens is 1. The van der Waals surface area contributed by atoms with E-state index >= 15 is 0 Å². The Labute approximate surface area is 130 Å². The number of nitrogens with zero attached hydrogens (tertiary/aromatic N) is 4. The maximum Gasteiger partial charge on any atom is 0.236 e. The van der Waals surface area contributed by atoms with Crippen LogP contribution in [0.3, 0.4) is 0 Å². The van der Waals surface area contributed by atoms with Gasteiger partial charge in [-0.2, -0.15) is 0 Å². The van der Waals surface area contributed by atoms with Crippen LogP contribution in [0.1, 0.15) is 23.8 Å². The number of carbonyl (C=O) groups excluding carboxylic acids is 1. The fraction of sp³-hybridized carbons (Fsp3) is 0.733. The topological polar surface area (TPSA) is 39.7 Å². The highest BCUT2D eigenvalue weighted by Crippen LogP contribution is 2.28. The lowest BCUT2D eigenvalue weighted by atomic mass is 9.98. The molecule has 1 unspecified atom stereocenters. The maximum atomic E-state index is 12.5. The molecule has 1 aromatic heterocycles. The molecular formula is C15H24N4OS. The molecule has 6 heteroatoms. The highest BCUT2D eigenvalue weighted by molar-refractivity contribution is 7.09. The van der Waals surface area contributed by atoms with Crippen molar-refractivity contribution in [3.8, 4) is 0 Å². The Kier molecular flexibility index (Phi) is 4.87. The predicted molar refractivity (Wildman–Crippen MR) is 84.6 cm³/mol. The minimum absolute atomic E-state index is 0.292. The van der Waals surface area contributed by atoms with Gasteiger partial charge in [0.15, 0.2) is 0 Å². The second-order valence-corrected chi connectivity index (χ2v) is 7.05. The van der Waals surface area contributed by atoms with Crippen molar-refractivity contribution in [2.45, 2.75) is 18.8 Å². The number of likely N-dealkylation sites (tertiary alicyclic amines) is 1. The number of hydrogen-bond donors (Lipinski definition) is 0. The van der Waals surface area contributed by atoms with E-state index in [1.165, 1.54) is 5.01 Å². The first-order valence-corrected chi connectivity index (χ1v) is 8.68. The Hall–Kier alpha value is -0.980. The average Bonchev–Trinajstić information content (AvgIpc) is 3.04. The molecule has 0 saturated carbocycles. The minimum atomic E-state index is 0.292. The van der Waals surface area contributed by atoms with E-state index in [1.807, 2.05) is 16.5 Å². The third kappa shape index (κ3) is 3.81. The van der Waals surface area contributed by atoms with Gasteiger partial charge in [0.25, 0.3) is 0 Å². The summed E-state index contributed by atoms with van der Waals surface area (Å²) < 4.78 is 0. The summed E-state index contributed by atoms with van der Waals surface area (Å²) >= 11 is 1.71. The van der Waals surface area contributed by atoms with Gasteiger partial charge in [-0.1, -0.05) is 0 Å². The van der Waals surface area contributed by atoms with Crippen molar-refractivity contribution in [2.75, 3.05) is 52.9 Å². The van der Waals surface area contributed by atoms with Crippen molar-refractivity contribution in [1.29, 1.82) is 0 Å². The van der Waals surface area contributed by atoms with Crippen molar-refractivity contribution < 1.29 is 4.79 Å². The first kappa shape index (κ1) is 14.9. The molecule has 3 rings (SSSR count). The van der Waals surface area contributed by atoms with Gasteiger partial charge in [0, 0.05) is 56.8 Å². The van der Waals surface area contributed by atoms with Crippen molar-refractivity contribution >= 4 is 17.2 Å². The molecule has 0 aromatic carbocycles. The lowest BCUT2D eigenvalue weighted by Crippen LogP contribution is -2.50. The Morgan fingerprint density at radius 2 is 2.14 bits per heavy atom. The lowest BCUT2D eigenvalue weighted by Gasteiger charge is -2.36. The molecule has 0 N–H and O–H groups in total. The first-order valence-electron chi connectivity index (χ1n) is 7.80. The summed E-state index contributed by atoms with van der Waals surface area (Å²) in [5.41, 5.74) is 0. The summed E-state index contributed by atoms with van der Waals surface area (Å²) in [6.07, 6.45) is 4.12. The zero-order valence-corrected chi connectivity index (χ0v) is 13.5. The predicted octanol–water partition coefficient (Wildman–Crippen LogP) is 1.10. The Morgan fingerprint density at radius 1 is 1.33 bits per heavy atom. The van der Waals surface area contributed by atoms with Gasteiger partial charge >= 0.3 is 0 Å². The molecule has 0 spiro atoms. The van der Waals surface area contributed by atoms with Crippen LogP contribution in [0.15, 0.2) is 11.6 Å². The number of hydrogen-bond acceptors (Lipinski definition) is 5. The van der Waals surface area contributed by atoms with E-state index in [-0.39, 0.29) is 0 Å². The highest BCUT2D eigenvalue weighted by Gasteiger charge is 2.27. The van der Waals surface area contributed by atoms with Gasteiger partial charge in [0.2, 0.25) is 5.91 Å². The summed E-state index contributed by atoms with van der Waals surface area (Å²) in [6.45, 7) is 6.48. The number of likely N-dealkylation sites (N-methyl/N-ethyl adjacent to an activating group) is 1. The average molecular weight is 308 g/mol. The van der Waals surface area contributed by atoms with Crippen molar-refractivity contribution in [3.05, 3.63) is 16.6 Å². The molecule has 2 aliphatic rings. The van der Waals surface area contributed by atoms with E-state index in [1.54, 1.807) is 11.3 Å². The van der Waals surface area contributed by atoms with Gasteiger partial charge in [-0.05, 0) is 19.9 Å². The molecule has 1 aromatic rings. The summed E-state index contributed by atoms with van der Waals surface area (Å²) in [5.74, 6) is 0.732. The van der Waals surface area contributed by atoms with E-state index in [4.69, 9.17) is 0 Å². The largest absolute Gasteiger partial charge is 0.341 e. The number of carbonyl (C=O) groups is 1. The van der Waals surface area contributed by atoms with Crippen LogP contribution in [0.25, 0.3) is 0 Å². The van der Waals surface area contributed by atoms with Crippen molar-refractivity contribution in [1.82, 2.24) is 19.7 Å². The van der Waals surface area contributed by atoms with E-state index in [0.717, 1.165) is 52.1 Å². The molecular weight excluding hydrogens is 284 g/mol. The highest BCUT2D eigenvalue weighted by atomic mass is 32.1. The molecule has 0 bridgehead atoms. The van der Waals surface area contributed by atoms with Crippen molar-refractivity contribution in [3.63, 3.8) is 0 Å². The van der Waals surface area contributed by atoms with Crippen LogP contribution >= 0.6 is 11.3 Å². The van der Waals surface area contributed by atoms with Crippen LogP contribution in [0.5, 0.6) is 0 Å². The quantitative estimate of drug-likeness (QED) is 0.838. The van der Waals surface area contributed by atoms with Crippen LogP contribution in [0.4, 0.5) is 0 Å². The van der Waals surface area contributed by atoms with Gasteiger partial charge in [-0.3, -0.25) is 9.69 Å². The van der Waals surface area contributed by atoms with E-state index < -0.39 is 0 Å². The van der Waals surface area contributed by atoms with Crippen LogP contribution in [-0.2, 0) is 4.79 Å². The SMILES string of the molecule is CN1CCN(CC(=O)N2CCCC(c3nccs3)C2)CC1. The van der Waals surface area contributed by atoms with E-state index in [2.05, 4.69) is 21.8 Å². The second-order valence-electron chi connectivity index (χ2n) is 6.13. The molecule has 3 heterocycles. The number of rotatable bonds is 3. The number of piperazine rings is 1. The molecule has 0 radical (unpaired) electrons. The normalized spacial score (nSPS) is 25.2. The molecule has 116 valence electrons. The fourth-order valence-electron chi connectivity index (χ4n) is 3.14.